The fourth-order valence-electron chi connectivity index (χ4n) is 4.08. The van der Waals surface area contributed by atoms with Crippen molar-refractivity contribution in [2.75, 3.05) is 0 Å². The zero-order valence-corrected chi connectivity index (χ0v) is 20.8. The number of hydrogen-bond donors (Lipinski definition) is 1. The SMILES string of the molecule is Cc1ccc(C2CC=C(C(=O)O)[C@H](c3cccc(Br)c3)N2S(=O)(=O)c2ccc(Cl)cc2)cc1. The molecule has 3 aromatic rings. The second-order valence-corrected chi connectivity index (χ2v) is 11.1. The Hall–Kier alpha value is -2.45. The molecule has 33 heavy (non-hydrogen) atoms. The molecule has 1 unspecified atom stereocenters. The van der Waals surface area contributed by atoms with Gasteiger partial charge in [0.05, 0.1) is 22.6 Å². The molecule has 0 bridgehead atoms. The summed E-state index contributed by atoms with van der Waals surface area (Å²) in [5.74, 6) is -1.15. The molecule has 1 aliphatic rings. The van der Waals surface area contributed by atoms with E-state index < -0.39 is 28.1 Å². The molecule has 0 aromatic heterocycles. The lowest BCUT2D eigenvalue weighted by Gasteiger charge is -2.40. The highest BCUT2D eigenvalue weighted by atomic mass is 79.9. The third-order valence-electron chi connectivity index (χ3n) is 5.68. The summed E-state index contributed by atoms with van der Waals surface area (Å²) in [4.78, 5) is 12.3. The second kappa shape index (κ2) is 9.43. The summed E-state index contributed by atoms with van der Waals surface area (Å²) in [6.07, 6.45) is 1.87. The van der Waals surface area contributed by atoms with E-state index in [0.717, 1.165) is 15.6 Å². The smallest absolute Gasteiger partial charge is 0.333 e. The Bertz CT molecular complexity index is 1320. The van der Waals surface area contributed by atoms with Crippen molar-refractivity contribution in [2.45, 2.75) is 30.3 Å². The minimum Gasteiger partial charge on any atom is -0.478 e. The molecule has 1 N–H and O–H groups in total. The van der Waals surface area contributed by atoms with Gasteiger partial charge in [-0.25, -0.2) is 13.2 Å². The van der Waals surface area contributed by atoms with E-state index in [-0.39, 0.29) is 16.9 Å². The Morgan fingerprint density at radius 2 is 1.70 bits per heavy atom. The van der Waals surface area contributed by atoms with E-state index in [4.69, 9.17) is 11.6 Å². The summed E-state index contributed by atoms with van der Waals surface area (Å²) < 4.78 is 30.1. The van der Waals surface area contributed by atoms with Crippen LogP contribution in [-0.4, -0.2) is 23.8 Å². The van der Waals surface area contributed by atoms with E-state index in [2.05, 4.69) is 15.9 Å². The second-order valence-electron chi connectivity index (χ2n) is 7.87. The molecule has 5 nitrogen and oxygen atoms in total. The largest absolute Gasteiger partial charge is 0.478 e. The van der Waals surface area contributed by atoms with Gasteiger partial charge in [-0.3, -0.25) is 0 Å². The van der Waals surface area contributed by atoms with Gasteiger partial charge >= 0.3 is 5.97 Å². The van der Waals surface area contributed by atoms with Crippen LogP contribution in [-0.2, 0) is 14.8 Å². The van der Waals surface area contributed by atoms with Crippen LogP contribution >= 0.6 is 27.5 Å². The third kappa shape index (κ3) is 4.77. The van der Waals surface area contributed by atoms with Gasteiger partial charge in [0.2, 0.25) is 10.0 Å². The predicted octanol–water partition coefficient (Wildman–Crippen LogP) is 6.30. The number of aryl methyl sites for hydroxylation is 1. The first-order chi connectivity index (χ1) is 15.7. The van der Waals surface area contributed by atoms with E-state index in [1.54, 1.807) is 24.3 Å². The first-order valence-electron chi connectivity index (χ1n) is 10.2. The van der Waals surface area contributed by atoms with Crippen molar-refractivity contribution in [3.8, 4) is 0 Å². The van der Waals surface area contributed by atoms with E-state index in [1.165, 1.54) is 28.6 Å². The molecule has 1 heterocycles. The summed E-state index contributed by atoms with van der Waals surface area (Å²) in [5, 5.41) is 10.4. The highest BCUT2D eigenvalue weighted by Gasteiger charge is 2.44. The standard InChI is InChI=1S/C25H21BrClNO4S/c1-16-5-7-17(8-6-16)23-14-13-22(25(29)30)24(18-3-2-4-19(26)15-18)28(23)33(31,32)21-11-9-20(27)10-12-21/h2-13,15,23-24H,14H2,1H3,(H,29,30)/t23?,24-/m0/s1. The lowest BCUT2D eigenvalue weighted by atomic mass is 9.89. The van der Waals surface area contributed by atoms with Crippen LogP contribution in [0.1, 0.15) is 35.2 Å². The summed E-state index contributed by atoms with van der Waals surface area (Å²) >= 11 is 9.42. The van der Waals surface area contributed by atoms with E-state index in [0.29, 0.717) is 10.6 Å². The molecule has 3 aromatic carbocycles. The lowest BCUT2D eigenvalue weighted by molar-refractivity contribution is -0.133. The monoisotopic (exact) mass is 545 g/mol. The van der Waals surface area contributed by atoms with Gasteiger partial charge in [0.15, 0.2) is 0 Å². The van der Waals surface area contributed by atoms with Crippen molar-refractivity contribution in [1.82, 2.24) is 4.31 Å². The first kappa shape index (κ1) is 23.7. The summed E-state index contributed by atoms with van der Waals surface area (Å²) in [6, 6.07) is 19.0. The maximum atomic E-state index is 14.0. The van der Waals surface area contributed by atoms with Crippen LogP contribution in [0, 0.1) is 6.92 Å². The molecule has 0 aliphatic carbocycles. The Kier molecular flexibility index (Phi) is 6.77. The summed E-state index contributed by atoms with van der Waals surface area (Å²) in [7, 11) is -4.11. The number of rotatable bonds is 5. The topological polar surface area (TPSA) is 74.7 Å². The highest BCUT2D eigenvalue weighted by molar-refractivity contribution is 9.10. The zero-order chi connectivity index (χ0) is 23.8. The molecule has 1 aliphatic heterocycles. The van der Waals surface area contributed by atoms with Crippen molar-refractivity contribution in [1.29, 1.82) is 0 Å². The molecule has 170 valence electrons. The fourth-order valence-corrected chi connectivity index (χ4v) is 6.41. The molecular formula is C25H21BrClNO4S. The number of carboxylic acids is 1. The summed E-state index contributed by atoms with van der Waals surface area (Å²) in [6.45, 7) is 1.96. The molecule has 0 fully saturated rings. The van der Waals surface area contributed by atoms with Crippen molar-refractivity contribution in [3.05, 3.63) is 111 Å². The number of halogens is 2. The number of nitrogens with zero attached hydrogens (tertiary/aromatic N) is 1. The quantitative estimate of drug-likeness (QED) is 0.408. The van der Waals surface area contributed by atoms with Crippen LogP contribution in [0.3, 0.4) is 0 Å². The number of carboxylic acid groups (broad SMARTS) is 1. The van der Waals surface area contributed by atoms with Gasteiger partial charge in [0.1, 0.15) is 0 Å². The van der Waals surface area contributed by atoms with Crippen LogP contribution in [0.25, 0.3) is 0 Å². The van der Waals surface area contributed by atoms with E-state index >= 15 is 0 Å². The molecule has 0 saturated carbocycles. The average Bonchev–Trinajstić information content (AvgIpc) is 2.79. The molecule has 2 atom stereocenters. The van der Waals surface area contributed by atoms with Crippen LogP contribution in [0.4, 0.5) is 0 Å². The number of hydrogen-bond acceptors (Lipinski definition) is 3. The van der Waals surface area contributed by atoms with E-state index in [9.17, 15) is 18.3 Å². The van der Waals surface area contributed by atoms with Crippen molar-refractivity contribution < 1.29 is 18.3 Å². The van der Waals surface area contributed by atoms with Crippen LogP contribution in [0.5, 0.6) is 0 Å². The fraction of sp³-hybridized carbons (Fsp3) is 0.160. The number of aliphatic carboxylic acids is 1. The maximum Gasteiger partial charge on any atom is 0.333 e. The molecule has 4 rings (SSSR count). The summed E-state index contributed by atoms with van der Waals surface area (Å²) in [5.41, 5.74) is 2.42. The normalized spacial score (nSPS) is 19.2. The molecule has 0 saturated heterocycles. The molecule has 0 amide bonds. The zero-order valence-electron chi connectivity index (χ0n) is 17.7. The molecule has 0 spiro atoms. The Morgan fingerprint density at radius 3 is 2.30 bits per heavy atom. The Morgan fingerprint density at radius 1 is 1.03 bits per heavy atom. The van der Waals surface area contributed by atoms with Gasteiger partial charge in [0, 0.05) is 9.50 Å². The van der Waals surface area contributed by atoms with E-state index in [1.807, 2.05) is 37.3 Å². The average molecular weight is 547 g/mol. The van der Waals surface area contributed by atoms with Gasteiger partial charge in [-0.2, -0.15) is 4.31 Å². The van der Waals surface area contributed by atoms with Gasteiger partial charge in [-0.15, -0.1) is 0 Å². The number of sulfonamides is 1. The molecule has 0 radical (unpaired) electrons. The van der Waals surface area contributed by atoms with Crippen LogP contribution in [0.2, 0.25) is 5.02 Å². The molecular weight excluding hydrogens is 526 g/mol. The maximum absolute atomic E-state index is 14.0. The first-order valence-corrected chi connectivity index (χ1v) is 12.8. The highest BCUT2D eigenvalue weighted by Crippen LogP contribution is 2.46. The lowest BCUT2D eigenvalue weighted by Crippen LogP contribution is -2.42. The minimum atomic E-state index is -4.11. The Labute approximate surface area is 206 Å². The van der Waals surface area contributed by atoms with Crippen molar-refractivity contribution in [3.63, 3.8) is 0 Å². The van der Waals surface area contributed by atoms with Crippen LogP contribution < -0.4 is 0 Å². The third-order valence-corrected chi connectivity index (χ3v) is 8.31. The van der Waals surface area contributed by atoms with Gasteiger partial charge in [0.25, 0.3) is 0 Å². The predicted molar refractivity (Wildman–Crippen MR) is 132 cm³/mol. The van der Waals surface area contributed by atoms with Crippen molar-refractivity contribution in [2.24, 2.45) is 0 Å². The van der Waals surface area contributed by atoms with Gasteiger partial charge in [-0.05, 0) is 60.9 Å². The van der Waals surface area contributed by atoms with Gasteiger partial charge < -0.3 is 5.11 Å². The Balaban J connectivity index is 1.97. The van der Waals surface area contributed by atoms with Crippen LogP contribution in [0.15, 0.2) is 93.8 Å². The molecule has 8 heteroatoms. The van der Waals surface area contributed by atoms with Crippen molar-refractivity contribution >= 4 is 43.5 Å². The van der Waals surface area contributed by atoms with Gasteiger partial charge in [-0.1, -0.05) is 75.6 Å². The minimum absolute atomic E-state index is 0.0222. The number of benzene rings is 3. The number of carbonyl (C=O) groups is 1.